The van der Waals surface area contributed by atoms with Crippen molar-refractivity contribution in [2.45, 2.75) is 5.60 Å². The molecular weight excluding hydrogens is 192 g/mol. The molecule has 1 aliphatic carbocycles. The molecule has 2 atom stereocenters. The second-order valence-electron chi connectivity index (χ2n) is 2.87. The molecule has 0 amide bonds. The fourth-order valence-corrected chi connectivity index (χ4v) is 1.17. The smallest absolute Gasteiger partial charge is 0.341 e. The monoisotopic (exact) mass is 200 g/mol. The molecule has 0 aromatic rings. The third-order valence-electron chi connectivity index (χ3n) is 1.91. The van der Waals surface area contributed by atoms with Gasteiger partial charge in [0, 0.05) is 6.08 Å². The fraction of sp³-hybridized carbons (Fsp3) is 0.250. The lowest BCUT2D eigenvalue weighted by molar-refractivity contribution is -0.165. The molecule has 0 aliphatic heterocycles. The van der Waals surface area contributed by atoms with Gasteiger partial charge in [-0.2, -0.15) is 0 Å². The molecule has 1 rings (SSSR count). The first-order valence-electron chi connectivity index (χ1n) is 3.66. The third-order valence-corrected chi connectivity index (χ3v) is 1.91. The van der Waals surface area contributed by atoms with Crippen molar-refractivity contribution in [3.63, 3.8) is 0 Å². The predicted molar refractivity (Wildman–Crippen MR) is 43.6 cm³/mol. The summed E-state index contributed by atoms with van der Waals surface area (Å²) >= 11 is 0. The van der Waals surface area contributed by atoms with Crippen molar-refractivity contribution < 1.29 is 30.0 Å². The average Bonchev–Trinajstić information content (AvgIpc) is 2.02. The first-order chi connectivity index (χ1) is 6.38. The summed E-state index contributed by atoms with van der Waals surface area (Å²) in [5, 5.41) is 35.7. The van der Waals surface area contributed by atoms with Crippen LogP contribution in [0.15, 0.2) is 24.0 Å². The van der Waals surface area contributed by atoms with E-state index in [0.717, 1.165) is 12.2 Å². The summed E-state index contributed by atoms with van der Waals surface area (Å²) in [7, 11) is 0. The second-order valence-corrected chi connectivity index (χ2v) is 2.87. The maximum Gasteiger partial charge on any atom is 0.341 e. The Bertz CT molecular complexity index is 342. The van der Waals surface area contributed by atoms with Crippen LogP contribution in [0.5, 0.6) is 0 Å². The van der Waals surface area contributed by atoms with E-state index in [0.29, 0.717) is 6.08 Å². The summed E-state index contributed by atoms with van der Waals surface area (Å²) in [4.78, 5) is 21.2. The quantitative estimate of drug-likeness (QED) is 0.478. The summed E-state index contributed by atoms with van der Waals surface area (Å²) in [6.07, 6.45) is 2.54. The van der Waals surface area contributed by atoms with Crippen LogP contribution >= 0.6 is 0 Å². The molecule has 1 aliphatic rings. The lowest BCUT2D eigenvalue weighted by atomic mass is 9.83. The Morgan fingerprint density at radius 1 is 1.36 bits per heavy atom. The average molecular weight is 200 g/mol. The summed E-state index contributed by atoms with van der Waals surface area (Å²) in [5.41, 5.74) is -2.59. The summed E-state index contributed by atoms with van der Waals surface area (Å²) in [6.45, 7) is 0. The Morgan fingerprint density at radius 3 is 2.36 bits per heavy atom. The van der Waals surface area contributed by atoms with Crippen molar-refractivity contribution in [3.05, 3.63) is 24.0 Å². The molecular formula is C8H8O6. The zero-order valence-corrected chi connectivity index (χ0v) is 6.91. The van der Waals surface area contributed by atoms with Crippen LogP contribution < -0.4 is 0 Å². The molecule has 14 heavy (non-hydrogen) atoms. The van der Waals surface area contributed by atoms with Crippen LogP contribution in [0.4, 0.5) is 0 Å². The lowest BCUT2D eigenvalue weighted by Crippen LogP contribution is -2.48. The first kappa shape index (κ1) is 10.3. The molecule has 6 heteroatoms. The molecule has 0 aromatic carbocycles. The number of aliphatic carboxylic acids is 2. The molecule has 0 aromatic heterocycles. The van der Waals surface area contributed by atoms with E-state index in [1.54, 1.807) is 0 Å². The van der Waals surface area contributed by atoms with Gasteiger partial charge in [0.25, 0.3) is 0 Å². The SMILES string of the molecule is O=C(O)C1C=CC(O)=CC1(O)C(=O)O. The Balaban J connectivity index is 3.17. The summed E-state index contributed by atoms with van der Waals surface area (Å²) < 4.78 is 0. The van der Waals surface area contributed by atoms with E-state index in [2.05, 4.69) is 0 Å². The van der Waals surface area contributed by atoms with Gasteiger partial charge in [0.1, 0.15) is 11.7 Å². The summed E-state index contributed by atoms with van der Waals surface area (Å²) in [5.74, 6) is -5.28. The highest BCUT2D eigenvalue weighted by molar-refractivity contribution is 5.89. The van der Waals surface area contributed by atoms with Gasteiger partial charge < -0.3 is 20.4 Å². The Labute approximate surface area is 78.4 Å². The van der Waals surface area contributed by atoms with Crippen LogP contribution in [0, 0.1) is 5.92 Å². The van der Waals surface area contributed by atoms with Gasteiger partial charge in [-0.3, -0.25) is 4.79 Å². The Hall–Kier alpha value is -1.82. The largest absolute Gasteiger partial charge is 0.508 e. The van der Waals surface area contributed by atoms with Crippen LogP contribution in [0.2, 0.25) is 0 Å². The fourth-order valence-electron chi connectivity index (χ4n) is 1.17. The van der Waals surface area contributed by atoms with Crippen molar-refractivity contribution in [2.24, 2.45) is 5.92 Å². The van der Waals surface area contributed by atoms with Gasteiger partial charge >= 0.3 is 11.9 Å². The molecule has 6 nitrogen and oxygen atoms in total. The molecule has 0 saturated carbocycles. The van der Waals surface area contributed by atoms with Gasteiger partial charge in [-0.05, 0) is 6.08 Å². The van der Waals surface area contributed by atoms with Crippen molar-refractivity contribution in [1.29, 1.82) is 0 Å². The molecule has 0 saturated heterocycles. The molecule has 0 spiro atoms. The predicted octanol–water partition coefficient (Wildman–Crippen LogP) is -0.485. The minimum atomic E-state index is -2.59. The zero-order valence-electron chi connectivity index (χ0n) is 6.91. The highest BCUT2D eigenvalue weighted by Gasteiger charge is 2.47. The van der Waals surface area contributed by atoms with Crippen molar-refractivity contribution in [3.8, 4) is 0 Å². The first-order valence-corrected chi connectivity index (χ1v) is 3.66. The second kappa shape index (κ2) is 3.15. The molecule has 4 N–H and O–H groups in total. The number of carboxylic acids is 2. The van der Waals surface area contributed by atoms with Gasteiger partial charge in [0.05, 0.1) is 0 Å². The number of carbonyl (C=O) groups is 2. The highest BCUT2D eigenvalue weighted by Crippen LogP contribution is 2.27. The molecule has 0 heterocycles. The Morgan fingerprint density at radius 2 is 1.93 bits per heavy atom. The number of allylic oxidation sites excluding steroid dienone is 1. The van der Waals surface area contributed by atoms with Gasteiger partial charge in [-0.1, -0.05) is 6.08 Å². The van der Waals surface area contributed by atoms with Crippen molar-refractivity contribution >= 4 is 11.9 Å². The number of hydrogen-bond donors (Lipinski definition) is 4. The van der Waals surface area contributed by atoms with E-state index in [1.165, 1.54) is 0 Å². The van der Waals surface area contributed by atoms with E-state index in [9.17, 15) is 14.7 Å². The van der Waals surface area contributed by atoms with Crippen LogP contribution in [-0.2, 0) is 9.59 Å². The maximum absolute atomic E-state index is 10.6. The molecule has 76 valence electrons. The number of rotatable bonds is 2. The molecule has 0 radical (unpaired) electrons. The van der Waals surface area contributed by atoms with Crippen LogP contribution in [-0.4, -0.2) is 38.0 Å². The number of aliphatic hydroxyl groups is 2. The maximum atomic E-state index is 10.6. The number of carboxylic acid groups (broad SMARTS) is 2. The van der Waals surface area contributed by atoms with Gasteiger partial charge in [0.15, 0.2) is 0 Å². The van der Waals surface area contributed by atoms with Crippen LogP contribution in [0.1, 0.15) is 0 Å². The number of hydrogen-bond acceptors (Lipinski definition) is 4. The lowest BCUT2D eigenvalue weighted by Gasteiger charge is -2.26. The third kappa shape index (κ3) is 1.47. The van der Waals surface area contributed by atoms with Gasteiger partial charge in [-0.15, -0.1) is 0 Å². The van der Waals surface area contributed by atoms with E-state index in [4.69, 9.17) is 15.3 Å². The van der Waals surface area contributed by atoms with Crippen LogP contribution in [0.3, 0.4) is 0 Å². The highest BCUT2D eigenvalue weighted by atomic mass is 16.4. The topological polar surface area (TPSA) is 115 Å². The minimum absolute atomic E-state index is 0.479. The van der Waals surface area contributed by atoms with Crippen molar-refractivity contribution in [2.75, 3.05) is 0 Å². The molecule has 0 bridgehead atoms. The summed E-state index contributed by atoms with van der Waals surface area (Å²) in [6, 6.07) is 0. The van der Waals surface area contributed by atoms with E-state index in [1.807, 2.05) is 0 Å². The van der Waals surface area contributed by atoms with E-state index < -0.39 is 29.2 Å². The van der Waals surface area contributed by atoms with Gasteiger partial charge in [0.2, 0.25) is 5.60 Å². The van der Waals surface area contributed by atoms with E-state index in [-0.39, 0.29) is 0 Å². The van der Waals surface area contributed by atoms with E-state index >= 15 is 0 Å². The van der Waals surface area contributed by atoms with Crippen LogP contribution in [0.25, 0.3) is 0 Å². The Kier molecular flexibility index (Phi) is 2.31. The standard InChI is InChI=1S/C8H8O6/c9-4-1-2-5(6(10)11)8(14,3-4)7(12)13/h1-3,5,9,14H,(H,10,11)(H,12,13). The molecule has 0 fully saturated rings. The minimum Gasteiger partial charge on any atom is -0.508 e. The normalized spacial score (nSPS) is 30.9. The number of aliphatic hydroxyl groups excluding tert-OH is 1. The molecule has 2 unspecified atom stereocenters. The van der Waals surface area contributed by atoms with Gasteiger partial charge in [-0.25, -0.2) is 4.79 Å². The zero-order chi connectivity index (χ0) is 10.9. The van der Waals surface area contributed by atoms with Crippen molar-refractivity contribution in [1.82, 2.24) is 0 Å².